The normalized spacial score (nSPS) is 13.0. The summed E-state index contributed by atoms with van der Waals surface area (Å²) in [5.74, 6) is -1.38. The summed E-state index contributed by atoms with van der Waals surface area (Å²) in [5, 5.41) is 20.9. The summed E-state index contributed by atoms with van der Waals surface area (Å²) in [4.78, 5) is 24.1. The van der Waals surface area contributed by atoms with E-state index < -0.39 is 23.7 Å². The summed E-state index contributed by atoms with van der Waals surface area (Å²) in [7, 11) is 1.06. The average molecular weight is 422 g/mol. The Morgan fingerprint density at radius 2 is 1.77 bits per heavy atom. The van der Waals surface area contributed by atoms with Crippen molar-refractivity contribution >= 4 is 27.6 Å². The standard InChI is InChI=1S/C19H20BrNO5/c1-3-26-14-10-8-13(9-11-14)19(24,12-17(22)18(23)21(2)25)15-6-4-5-7-16(15)20/h4-11,24-25H,3,12H2,1-2H3. The Bertz CT molecular complexity index is 791. The fraction of sp³-hybridized carbons (Fsp3) is 0.263. The van der Waals surface area contributed by atoms with E-state index in [-0.39, 0.29) is 5.06 Å². The molecule has 0 fully saturated rings. The van der Waals surface area contributed by atoms with Gasteiger partial charge in [-0.15, -0.1) is 0 Å². The van der Waals surface area contributed by atoms with Crippen LogP contribution in [-0.2, 0) is 15.2 Å². The highest BCUT2D eigenvalue weighted by atomic mass is 79.9. The van der Waals surface area contributed by atoms with Crippen LogP contribution in [-0.4, -0.2) is 40.7 Å². The van der Waals surface area contributed by atoms with Gasteiger partial charge in [-0.25, -0.2) is 5.06 Å². The summed E-state index contributed by atoms with van der Waals surface area (Å²) < 4.78 is 5.99. The minimum absolute atomic E-state index is 0.209. The van der Waals surface area contributed by atoms with E-state index in [1.54, 1.807) is 48.5 Å². The van der Waals surface area contributed by atoms with E-state index in [1.807, 2.05) is 6.92 Å². The molecule has 0 radical (unpaired) electrons. The number of nitrogens with zero attached hydrogens (tertiary/aromatic N) is 1. The number of benzene rings is 2. The van der Waals surface area contributed by atoms with Gasteiger partial charge in [-0.3, -0.25) is 14.8 Å². The zero-order valence-corrected chi connectivity index (χ0v) is 16.1. The molecule has 0 saturated carbocycles. The van der Waals surface area contributed by atoms with Crippen LogP contribution >= 0.6 is 15.9 Å². The maximum absolute atomic E-state index is 12.3. The molecule has 0 saturated heterocycles. The minimum atomic E-state index is -1.76. The third kappa shape index (κ3) is 4.30. The summed E-state index contributed by atoms with van der Waals surface area (Å²) in [6.07, 6.45) is -0.521. The first-order valence-corrected chi connectivity index (χ1v) is 8.79. The van der Waals surface area contributed by atoms with Gasteiger partial charge in [0.2, 0.25) is 5.78 Å². The van der Waals surface area contributed by atoms with E-state index in [0.29, 0.717) is 28.0 Å². The third-order valence-corrected chi connectivity index (χ3v) is 4.60. The molecule has 1 atom stereocenters. The second-order valence-electron chi connectivity index (χ2n) is 5.73. The fourth-order valence-corrected chi connectivity index (χ4v) is 3.24. The van der Waals surface area contributed by atoms with Crippen LogP contribution < -0.4 is 4.74 Å². The number of hydroxylamine groups is 2. The number of halogens is 1. The number of hydrogen-bond donors (Lipinski definition) is 2. The highest BCUT2D eigenvalue weighted by molar-refractivity contribution is 9.10. The van der Waals surface area contributed by atoms with Crippen LogP contribution in [0.4, 0.5) is 0 Å². The second-order valence-corrected chi connectivity index (χ2v) is 6.58. The first kappa shape index (κ1) is 20.1. The highest BCUT2D eigenvalue weighted by Crippen LogP contribution is 2.38. The van der Waals surface area contributed by atoms with E-state index in [4.69, 9.17) is 4.74 Å². The molecule has 1 unspecified atom stereocenters. The van der Waals surface area contributed by atoms with Crippen molar-refractivity contribution in [1.29, 1.82) is 0 Å². The van der Waals surface area contributed by atoms with Gasteiger partial charge in [-0.05, 0) is 30.7 Å². The lowest BCUT2D eigenvalue weighted by molar-refractivity contribution is -0.166. The molecule has 0 bridgehead atoms. The molecule has 1 amide bonds. The van der Waals surface area contributed by atoms with Crippen molar-refractivity contribution in [3.63, 3.8) is 0 Å². The molecule has 26 heavy (non-hydrogen) atoms. The number of carbonyl (C=O) groups is 2. The van der Waals surface area contributed by atoms with Crippen molar-refractivity contribution in [2.24, 2.45) is 0 Å². The Hall–Kier alpha value is -2.22. The minimum Gasteiger partial charge on any atom is -0.494 e. The fourth-order valence-electron chi connectivity index (χ4n) is 2.63. The number of amides is 1. The summed E-state index contributed by atoms with van der Waals surface area (Å²) >= 11 is 3.38. The van der Waals surface area contributed by atoms with Crippen LogP contribution in [0.25, 0.3) is 0 Å². The summed E-state index contributed by atoms with van der Waals surface area (Å²) in [6, 6.07) is 13.6. The Morgan fingerprint density at radius 1 is 1.15 bits per heavy atom. The predicted octanol–water partition coefficient (Wildman–Crippen LogP) is 2.89. The number of likely N-dealkylation sites (N-methyl/N-ethyl adjacent to an activating group) is 1. The summed E-state index contributed by atoms with van der Waals surface area (Å²) in [6.45, 7) is 2.37. The van der Waals surface area contributed by atoms with E-state index in [1.165, 1.54) is 0 Å². The lowest BCUT2D eigenvalue weighted by atomic mass is 9.82. The average Bonchev–Trinajstić information content (AvgIpc) is 2.62. The Balaban J connectivity index is 2.50. The Kier molecular flexibility index (Phi) is 6.52. The molecule has 0 aliphatic carbocycles. The van der Waals surface area contributed by atoms with Crippen LogP contribution in [0.5, 0.6) is 5.75 Å². The number of rotatable bonds is 7. The van der Waals surface area contributed by atoms with Crippen LogP contribution in [0.15, 0.2) is 53.0 Å². The molecular formula is C19H20BrNO5. The van der Waals surface area contributed by atoms with Crippen molar-refractivity contribution in [3.8, 4) is 5.75 Å². The van der Waals surface area contributed by atoms with Crippen molar-refractivity contribution < 1.29 is 24.6 Å². The van der Waals surface area contributed by atoms with Gasteiger partial charge in [-0.2, -0.15) is 0 Å². The molecular weight excluding hydrogens is 402 g/mol. The molecule has 2 rings (SSSR count). The molecule has 0 aliphatic rings. The molecule has 0 aromatic heterocycles. The summed E-state index contributed by atoms with van der Waals surface area (Å²) in [5.41, 5.74) is -0.895. The largest absolute Gasteiger partial charge is 0.494 e. The van der Waals surface area contributed by atoms with Crippen LogP contribution in [0, 0.1) is 0 Å². The van der Waals surface area contributed by atoms with Crippen LogP contribution in [0.2, 0.25) is 0 Å². The number of Topliss-reactive ketones (excluding diaryl/α,β-unsaturated/α-hetero) is 1. The maximum Gasteiger partial charge on any atom is 0.313 e. The van der Waals surface area contributed by atoms with Crippen molar-refractivity contribution in [1.82, 2.24) is 5.06 Å². The van der Waals surface area contributed by atoms with E-state index in [9.17, 15) is 19.9 Å². The van der Waals surface area contributed by atoms with Crippen molar-refractivity contribution in [2.45, 2.75) is 18.9 Å². The van der Waals surface area contributed by atoms with E-state index >= 15 is 0 Å². The topological polar surface area (TPSA) is 87.1 Å². The number of ether oxygens (including phenoxy) is 1. The Labute approximate surface area is 160 Å². The molecule has 0 spiro atoms. The van der Waals surface area contributed by atoms with Gasteiger partial charge in [0.1, 0.15) is 11.4 Å². The zero-order chi connectivity index (χ0) is 19.3. The number of hydrogen-bond acceptors (Lipinski definition) is 5. The van der Waals surface area contributed by atoms with Gasteiger partial charge in [-0.1, -0.05) is 46.3 Å². The van der Waals surface area contributed by atoms with Gasteiger partial charge >= 0.3 is 5.91 Å². The van der Waals surface area contributed by atoms with E-state index in [0.717, 1.165) is 7.05 Å². The molecule has 2 aromatic carbocycles. The first-order chi connectivity index (χ1) is 12.3. The van der Waals surface area contributed by atoms with Crippen molar-refractivity contribution in [3.05, 3.63) is 64.1 Å². The molecule has 138 valence electrons. The SMILES string of the molecule is CCOc1ccc(C(O)(CC(=O)C(=O)N(C)O)c2ccccc2Br)cc1. The number of carbonyl (C=O) groups excluding carboxylic acids is 2. The van der Waals surface area contributed by atoms with Crippen LogP contribution in [0.3, 0.4) is 0 Å². The molecule has 2 N–H and O–H groups in total. The van der Waals surface area contributed by atoms with Gasteiger partial charge in [0.05, 0.1) is 13.0 Å². The quantitative estimate of drug-likeness (QED) is 0.407. The smallest absolute Gasteiger partial charge is 0.313 e. The highest BCUT2D eigenvalue weighted by Gasteiger charge is 2.38. The molecule has 7 heteroatoms. The number of aliphatic hydroxyl groups is 1. The molecule has 0 aliphatic heterocycles. The lowest BCUT2D eigenvalue weighted by Crippen LogP contribution is -2.38. The lowest BCUT2D eigenvalue weighted by Gasteiger charge is -2.30. The Morgan fingerprint density at radius 3 is 2.31 bits per heavy atom. The van der Waals surface area contributed by atoms with Gasteiger partial charge in [0.15, 0.2) is 0 Å². The van der Waals surface area contributed by atoms with Gasteiger partial charge in [0, 0.05) is 17.1 Å². The molecule has 6 nitrogen and oxygen atoms in total. The monoisotopic (exact) mass is 421 g/mol. The second kappa shape index (κ2) is 8.44. The third-order valence-electron chi connectivity index (χ3n) is 3.91. The van der Waals surface area contributed by atoms with Crippen LogP contribution in [0.1, 0.15) is 24.5 Å². The first-order valence-electron chi connectivity index (χ1n) is 8.00. The van der Waals surface area contributed by atoms with Gasteiger partial charge in [0.25, 0.3) is 0 Å². The van der Waals surface area contributed by atoms with Gasteiger partial charge < -0.3 is 9.84 Å². The maximum atomic E-state index is 12.3. The number of ketones is 1. The van der Waals surface area contributed by atoms with E-state index in [2.05, 4.69) is 15.9 Å². The van der Waals surface area contributed by atoms with Crippen molar-refractivity contribution in [2.75, 3.05) is 13.7 Å². The molecule has 0 heterocycles. The zero-order valence-electron chi connectivity index (χ0n) is 14.5. The predicted molar refractivity (Wildman–Crippen MR) is 98.9 cm³/mol. The molecule has 2 aromatic rings.